The van der Waals surface area contributed by atoms with Crippen LogP contribution in [0.3, 0.4) is 0 Å². The summed E-state index contributed by atoms with van der Waals surface area (Å²) >= 11 is 0. The predicted octanol–water partition coefficient (Wildman–Crippen LogP) is 2.04. The summed E-state index contributed by atoms with van der Waals surface area (Å²) in [6, 6.07) is 7.80. The molecule has 2 atom stereocenters. The molecule has 1 aliphatic heterocycles. The quantitative estimate of drug-likeness (QED) is 0.438. The van der Waals surface area contributed by atoms with Crippen molar-refractivity contribution in [3.8, 4) is 23.0 Å². The Balaban J connectivity index is 2.09. The summed E-state index contributed by atoms with van der Waals surface area (Å²) in [5, 5.41) is 38.7. The van der Waals surface area contributed by atoms with Gasteiger partial charge in [-0.05, 0) is 41.5 Å². The number of benzene rings is 2. The fraction of sp³-hybridized carbons (Fsp3) is 0.250. The molecule has 0 saturated carbocycles. The first kappa shape index (κ1) is 19.5. The third-order valence-electron chi connectivity index (χ3n) is 4.53. The van der Waals surface area contributed by atoms with Gasteiger partial charge < -0.3 is 34.6 Å². The van der Waals surface area contributed by atoms with E-state index >= 15 is 0 Å². The van der Waals surface area contributed by atoms with E-state index in [4.69, 9.17) is 19.3 Å². The number of phenols is 1. The Labute approximate surface area is 160 Å². The van der Waals surface area contributed by atoms with Crippen LogP contribution >= 0.6 is 0 Å². The molecule has 4 N–H and O–H groups in total. The number of methoxy groups -OCH3 is 2. The van der Waals surface area contributed by atoms with Crippen LogP contribution in [-0.2, 0) is 4.79 Å². The average Bonchev–Trinajstić information content (AvgIpc) is 3.05. The number of carboxylic acids is 1. The fourth-order valence-corrected chi connectivity index (χ4v) is 3.26. The van der Waals surface area contributed by atoms with Gasteiger partial charge in [0.1, 0.15) is 6.10 Å². The Morgan fingerprint density at radius 3 is 2.46 bits per heavy atom. The van der Waals surface area contributed by atoms with Crippen LogP contribution in [0, 0.1) is 0 Å². The first-order valence-corrected chi connectivity index (χ1v) is 8.38. The van der Waals surface area contributed by atoms with Crippen molar-refractivity contribution in [2.45, 2.75) is 18.3 Å². The zero-order valence-electron chi connectivity index (χ0n) is 15.2. The molecule has 2 aromatic rings. The maximum atomic E-state index is 10.8. The van der Waals surface area contributed by atoms with Crippen LogP contribution < -0.4 is 14.2 Å². The third-order valence-corrected chi connectivity index (χ3v) is 4.53. The first-order valence-electron chi connectivity index (χ1n) is 8.38. The Morgan fingerprint density at radius 2 is 1.86 bits per heavy atom. The number of aliphatic hydroxyl groups is 2. The van der Waals surface area contributed by atoms with Crippen molar-refractivity contribution in [2.75, 3.05) is 14.2 Å². The number of aromatic hydroxyl groups is 1. The van der Waals surface area contributed by atoms with E-state index in [0.29, 0.717) is 28.2 Å². The van der Waals surface area contributed by atoms with Crippen LogP contribution in [0.2, 0.25) is 0 Å². The lowest BCUT2D eigenvalue weighted by Crippen LogP contribution is -2.22. The molecule has 0 bridgehead atoms. The van der Waals surface area contributed by atoms with Gasteiger partial charge in [-0.2, -0.15) is 0 Å². The van der Waals surface area contributed by atoms with Gasteiger partial charge in [-0.25, -0.2) is 4.79 Å². The number of hydrogen-bond donors (Lipinski definition) is 4. The number of aliphatic carboxylic acids is 1. The van der Waals surface area contributed by atoms with E-state index in [2.05, 4.69) is 0 Å². The zero-order chi connectivity index (χ0) is 20.4. The molecular formula is C20H20O8. The molecule has 0 amide bonds. The first-order chi connectivity index (χ1) is 13.3. The lowest BCUT2D eigenvalue weighted by atomic mass is 9.89. The Kier molecular flexibility index (Phi) is 5.43. The molecule has 8 nitrogen and oxygen atoms in total. The Hall–Kier alpha value is -3.23. The second kappa shape index (κ2) is 7.79. The van der Waals surface area contributed by atoms with Crippen LogP contribution in [0.5, 0.6) is 23.0 Å². The van der Waals surface area contributed by atoms with Crippen molar-refractivity contribution < 1.29 is 39.4 Å². The average molecular weight is 388 g/mol. The highest BCUT2D eigenvalue weighted by atomic mass is 16.5. The molecule has 3 rings (SSSR count). The van der Waals surface area contributed by atoms with Crippen molar-refractivity contribution in [1.82, 2.24) is 0 Å². The molecule has 0 spiro atoms. The number of phenolic OH excluding ortho intramolecular Hbond substituents is 1. The van der Waals surface area contributed by atoms with Crippen LogP contribution in [0.15, 0.2) is 36.4 Å². The van der Waals surface area contributed by atoms with Crippen molar-refractivity contribution in [3.63, 3.8) is 0 Å². The van der Waals surface area contributed by atoms with Crippen LogP contribution in [0.25, 0.3) is 6.08 Å². The fourth-order valence-electron chi connectivity index (χ4n) is 3.26. The number of ether oxygens (including phenoxy) is 3. The normalized spacial score (nSPS) is 18.2. The molecule has 1 aliphatic rings. The summed E-state index contributed by atoms with van der Waals surface area (Å²) in [5.74, 6) is -1.13. The smallest absolute Gasteiger partial charge is 0.328 e. The minimum Gasteiger partial charge on any atom is -0.504 e. The topological polar surface area (TPSA) is 126 Å². The van der Waals surface area contributed by atoms with Gasteiger partial charge in [0.05, 0.1) is 20.1 Å². The van der Waals surface area contributed by atoms with Gasteiger partial charge >= 0.3 is 5.97 Å². The molecule has 148 valence electrons. The second-order valence-electron chi connectivity index (χ2n) is 6.22. The Bertz CT molecular complexity index is 919. The van der Waals surface area contributed by atoms with Gasteiger partial charge in [0.15, 0.2) is 29.3 Å². The molecule has 0 aliphatic carbocycles. The summed E-state index contributed by atoms with van der Waals surface area (Å²) in [6.45, 7) is 0. The van der Waals surface area contributed by atoms with Crippen molar-refractivity contribution >= 4 is 12.0 Å². The third kappa shape index (κ3) is 3.60. The van der Waals surface area contributed by atoms with Crippen LogP contribution in [0.4, 0.5) is 0 Å². The minimum absolute atomic E-state index is 0.0541. The minimum atomic E-state index is -1.76. The highest BCUT2D eigenvalue weighted by Crippen LogP contribution is 2.52. The highest BCUT2D eigenvalue weighted by Gasteiger charge is 2.42. The molecular weight excluding hydrogens is 368 g/mol. The lowest BCUT2D eigenvalue weighted by molar-refractivity contribution is -0.131. The number of rotatable bonds is 6. The highest BCUT2D eigenvalue weighted by molar-refractivity contribution is 5.85. The van der Waals surface area contributed by atoms with Gasteiger partial charge in [-0.3, -0.25) is 0 Å². The van der Waals surface area contributed by atoms with Crippen molar-refractivity contribution in [1.29, 1.82) is 0 Å². The van der Waals surface area contributed by atoms with E-state index in [-0.39, 0.29) is 11.5 Å². The second-order valence-corrected chi connectivity index (χ2v) is 6.22. The van der Waals surface area contributed by atoms with E-state index in [9.17, 15) is 20.1 Å². The number of carboxylic acid groups (broad SMARTS) is 1. The molecule has 2 aromatic carbocycles. The molecule has 1 heterocycles. The van der Waals surface area contributed by atoms with E-state index < -0.39 is 24.3 Å². The monoisotopic (exact) mass is 388 g/mol. The number of aliphatic hydroxyl groups excluding tert-OH is 1. The van der Waals surface area contributed by atoms with Crippen LogP contribution in [-0.4, -0.2) is 46.9 Å². The molecule has 0 unspecified atom stereocenters. The SMILES string of the molecule is COc1cc([C@@H]2Oc3c(OC)cc(/C=C/C(=O)O)cc3[C@H]2C(O)O)ccc1O. The van der Waals surface area contributed by atoms with Gasteiger partial charge in [0.25, 0.3) is 0 Å². The summed E-state index contributed by atoms with van der Waals surface area (Å²) in [4.78, 5) is 10.8. The molecule has 28 heavy (non-hydrogen) atoms. The predicted molar refractivity (Wildman–Crippen MR) is 98.7 cm³/mol. The summed E-state index contributed by atoms with van der Waals surface area (Å²) in [5.41, 5.74) is 1.54. The van der Waals surface area contributed by atoms with Crippen molar-refractivity contribution in [3.05, 3.63) is 53.1 Å². The Morgan fingerprint density at radius 1 is 1.14 bits per heavy atom. The number of hydrogen-bond acceptors (Lipinski definition) is 7. The molecule has 0 saturated heterocycles. The maximum absolute atomic E-state index is 10.8. The molecule has 0 radical (unpaired) electrons. The van der Waals surface area contributed by atoms with Crippen LogP contribution in [0.1, 0.15) is 28.7 Å². The number of carbonyl (C=O) groups is 1. The van der Waals surface area contributed by atoms with Gasteiger partial charge in [-0.1, -0.05) is 6.07 Å². The molecule has 8 heteroatoms. The van der Waals surface area contributed by atoms with E-state index in [1.165, 1.54) is 26.4 Å². The lowest BCUT2D eigenvalue weighted by Gasteiger charge is -2.21. The maximum Gasteiger partial charge on any atom is 0.328 e. The zero-order valence-corrected chi connectivity index (χ0v) is 15.2. The van der Waals surface area contributed by atoms with Gasteiger partial charge in [-0.15, -0.1) is 0 Å². The van der Waals surface area contributed by atoms with E-state index in [1.54, 1.807) is 24.3 Å². The van der Waals surface area contributed by atoms with Gasteiger partial charge in [0.2, 0.25) is 0 Å². The largest absolute Gasteiger partial charge is 0.504 e. The number of fused-ring (bicyclic) bond motifs is 1. The standard InChI is InChI=1S/C20H20O8/c1-26-14-9-11(4-5-13(14)21)18-17(20(24)25)12-7-10(3-6-16(22)23)8-15(27-2)19(12)28-18/h3-9,17-18,20-21,24-25H,1-2H3,(H,22,23)/b6-3+/t17-,18+/m1/s1. The van der Waals surface area contributed by atoms with E-state index in [1.807, 2.05) is 0 Å². The molecule has 0 fully saturated rings. The summed E-state index contributed by atoms with van der Waals surface area (Å²) < 4.78 is 16.4. The van der Waals surface area contributed by atoms with E-state index in [0.717, 1.165) is 6.08 Å². The van der Waals surface area contributed by atoms with Crippen molar-refractivity contribution in [2.24, 2.45) is 0 Å². The summed E-state index contributed by atoms with van der Waals surface area (Å²) in [6.07, 6.45) is -0.182. The molecule has 0 aromatic heterocycles. The summed E-state index contributed by atoms with van der Waals surface area (Å²) in [7, 11) is 2.84. The van der Waals surface area contributed by atoms with Gasteiger partial charge in [0, 0.05) is 11.6 Å².